The molecule has 2 atom stereocenters. The highest BCUT2D eigenvalue weighted by atomic mass is 19.4. The predicted octanol–water partition coefficient (Wildman–Crippen LogP) is 6.79. The average molecular weight is 585 g/mol. The van der Waals surface area contributed by atoms with E-state index in [9.17, 15) is 22.8 Å². The Bertz CT molecular complexity index is 1590. The van der Waals surface area contributed by atoms with E-state index in [1.54, 1.807) is 30.3 Å². The van der Waals surface area contributed by atoms with Gasteiger partial charge in [-0.05, 0) is 59.2 Å². The molecule has 0 bridgehead atoms. The van der Waals surface area contributed by atoms with Crippen molar-refractivity contribution in [1.29, 1.82) is 0 Å². The second-order valence-electron chi connectivity index (χ2n) is 10.5. The van der Waals surface area contributed by atoms with Crippen LogP contribution in [0.25, 0.3) is 6.08 Å². The third-order valence-electron chi connectivity index (χ3n) is 7.47. The molecule has 1 fully saturated rings. The third kappa shape index (κ3) is 7.69. The molecular weight excluding hydrogens is 553 g/mol. The number of halogens is 3. The van der Waals surface area contributed by atoms with Crippen LogP contribution in [-0.2, 0) is 22.3 Å². The summed E-state index contributed by atoms with van der Waals surface area (Å²) in [6, 6.07) is 29.1. The van der Waals surface area contributed by atoms with Gasteiger partial charge < -0.3 is 16.4 Å². The molecule has 0 saturated carbocycles. The molecule has 4 aromatic rings. The summed E-state index contributed by atoms with van der Waals surface area (Å²) in [5.41, 5.74) is 9.34. The van der Waals surface area contributed by atoms with Crippen molar-refractivity contribution in [3.8, 4) is 0 Å². The van der Waals surface area contributed by atoms with Crippen LogP contribution in [-0.4, -0.2) is 29.8 Å². The summed E-state index contributed by atoms with van der Waals surface area (Å²) in [6.45, 7) is 1.80. The quantitative estimate of drug-likeness (QED) is 0.157. The molecule has 0 aromatic heterocycles. The van der Waals surface area contributed by atoms with Gasteiger partial charge in [0.15, 0.2) is 0 Å². The molecule has 1 aliphatic rings. The lowest BCUT2D eigenvalue weighted by atomic mass is 9.88. The Labute approximate surface area is 248 Å². The highest BCUT2D eigenvalue weighted by molar-refractivity contribution is 6.03. The van der Waals surface area contributed by atoms with Crippen molar-refractivity contribution < 1.29 is 22.8 Å². The van der Waals surface area contributed by atoms with Gasteiger partial charge >= 0.3 is 6.18 Å². The lowest BCUT2D eigenvalue weighted by Crippen LogP contribution is -2.28. The van der Waals surface area contributed by atoms with Crippen molar-refractivity contribution in [2.75, 3.05) is 29.5 Å². The molecule has 4 aromatic carbocycles. The maximum absolute atomic E-state index is 13.5. The zero-order valence-electron chi connectivity index (χ0n) is 23.2. The second kappa shape index (κ2) is 13.0. The summed E-state index contributed by atoms with van der Waals surface area (Å²) >= 11 is 0. The topological polar surface area (TPSA) is 87.5 Å². The molecule has 220 valence electrons. The minimum absolute atomic E-state index is 0.138. The normalized spacial score (nSPS) is 17.2. The van der Waals surface area contributed by atoms with Gasteiger partial charge in [-0.1, -0.05) is 66.7 Å². The van der Waals surface area contributed by atoms with Crippen molar-refractivity contribution in [3.63, 3.8) is 0 Å². The molecule has 0 aliphatic carbocycles. The summed E-state index contributed by atoms with van der Waals surface area (Å²) in [6.07, 6.45) is -1.32. The van der Waals surface area contributed by atoms with Crippen molar-refractivity contribution >= 4 is 35.0 Å². The number of nitrogens with two attached hydrogens (primary N) is 1. The number of rotatable bonds is 8. The molecule has 6 nitrogen and oxygen atoms in total. The minimum atomic E-state index is -4.45. The third-order valence-corrected chi connectivity index (χ3v) is 7.47. The van der Waals surface area contributed by atoms with Crippen LogP contribution >= 0.6 is 0 Å². The minimum Gasteiger partial charge on any atom is -0.397 e. The first-order valence-corrected chi connectivity index (χ1v) is 13.8. The smallest absolute Gasteiger partial charge is 0.397 e. The van der Waals surface area contributed by atoms with Crippen molar-refractivity contribution in [3.05, 3.63) is 131 Å². The summed E-state index contributed by atoms with van der Waals surface area (Å²) in [7, 11) is 0. The van der Waals surface area contributed by atoms with Gasteiger partial charge in [0.2, 0.25) is 11.8 Å². The largest absolute Gasteiger partial charge is 0.416 e. The van der Waals surface area contributed by atoms with Gasteiger partial charge in [-0.15, -0.1) is 0 Å². The Morgan fingerprint density at radius 1 is 0.837 bits per heavy atom. The van der Waals surface area contributed by atoms with Crippen molar-refractivity contribution in [1.82, 2.24) is 4.90 Å². The molecule has 0 radical (unpaired) electrons. The second-order valence-corrected chi connectivity index (χ2v) is 10.5. The SMILES string of the molecule is Nc1ccccc1NC(=O)/C=C/c1ccc(C2CN(Cc3ccccc3)CC2C(=O)Nc2ccc(C(F)(F)F)cc2)cc1. The number of para-hydroxylation sites is 2. The molecule has 0 spiro atoms. The van der Waals surface area contributed by atoms with Crippen molar-refractivity contribution in [2.45, 2.75) is 18.6 Å². The zero-order valence-corrected chi connectivity index (χ0v) is 23.2. The molecule has 43 heavy (non-hydrogen) atoms. The number of likely N-dealkylation sites (tertiary alicyclic amines) is 1. The molecule has 1 aliphatic heterocycles. The molecule has 2 unspecified atom stereocenters. The zero-order chi connectivity index (χ0) is 30.4. The van der Waals surface area contributed by atoms with Crippen LogP contribution in [0.5, 0.6) is 0 Å². The molecule has 5 rings (SSSR count). The maximum Gasteiger partial charge on any atom is 0.416 e. The number of nitrogen functional groups attached to an aromatic ring is 1. The van der Waals surface area contributed by atoms with Crippen LogP contribution in [0.3, 0.4) is 0 Å². The highest BCUT2D eigenvalue weighted by Gasteiger charge is 2.38. The number of hydrogen-bond acceptors (Lipinski definition) is 4. The Hall–Kier alpha value is -4.89. The lowest BCUT2D eigenvalue weighted by Gasteiger charge is -2.19. The first-order valence-electron chi connectivity index (χ1n) is 13.8. The first-order chi connectivity index (χ1) is 20.7. The number of amides is 2. The van der Waals surface area contributed by atoms with E-state index in [-0.39, 0.29) is 17.7 Å². The number of hydrogen-bond donors (Lipinski definition) is 3. The maximum atomic E-state index is 13.5. The van der Waals surface area contributed by atoms with Crippen LogP contribution in [0.1, 0.15) is 28.2 Å². The number of nitrogens with zero attached hydrogens (tertiary/aromatic N) is 1. The molecule has 4 N–H and O–H groups in total. The van der Waals surface area contributed by atoms with E-state index in [1.165, 1.54) is 18.2 Å². The van der Waals surface area contributed by atoms with Crippen LogP contribution in [0.2, 0.25) is 0 Å². The number of carbonyl (C=O) groups excluding carboxylic acids is 2. The fraction of sp³-hybridized carbons (Fsp3) is 0.176. The summed E-state index contributed by atoms with van der Waals surface area (Å²) in [5.74, 6) is -1.12. The fourth-order valence-corrected chi connectivity index (χ4v) is 5.25. The number of alkyl halides is 3. The molecular formula is C34H31F3N4O2. The highest BCUT2D eigenvalue weighted by Crippen LogP contribution is 2.35. The summed E-state index contributed by atoms with van der Waals surface area (Å²) < 4.78 is 39.0. The van der Waals surface area contributed by atoms with Gasteiger partial charge in [0.05, 0.1) is 22.9 Å². The van der Waals surface area contributed by atoms with Gasteiger partial charge in [-0.2, -0.15) is 13.2 Å². The Kier molecular flexibility index (Phi) is 8.92. The van der Waals surface area contributed by atoms with E-state index in [1.807, 2.05) is 54.6 Å². The van der Waals surface area contributed by atoms with Gasteiger partial charge in [0, 0.05) is 37.3 Å². The van der Waals surface area contributed by atoms with E-state index in [0.717, 1.165) is 28.8 Å². The van der Waals surface area contributed by atoms with E-state index in [2.05, 4.69) is 15.5 Å². The van der Waals surface area contributed by atoms with Gasteiger partial charge in [0.25, 0.3) is 0 Å². The molecule has 1 heterocycles. The Morgan fingerprint density at radius 2 is 1.51 bits per heavy atom. The van der Waals surface area contributed by atoms with E-state index in [4.69, 9.17) is 5.73 Å². The lowest BCUT2D eigenvalue weighted by molar-refractivity contribution is -0.137. The number of nitrogens with one attached hydrogen (secondary N) is 2. The van der Waals surface area contributed by atoms with Crippen LogP contribution in [0.4, 0.5) is 30.2 Å². The predicted molar refractivity (Wildman–Crippen MR) is 163 cm³/mol. The van der Waals surface area contributed by atoms with Crippen LogP contribution in [0.15, 0.2) is 109 Å². The first kappa shape index (κ1) is 29.6. The summed E-state index contributed by atoms with van der Waals surface area (Å²) in [4.78, 5) is 28.1. The summed E-state index contributed by atoms with van der Waals surface area (Å²) in [5, 5.41) is 5.57. The number of carbonyl (C=O) groups is 2. The van der Waals surface area contributed by atoms with Gasteiger partial charge in [-0.3, -0.25) is 14.5 Å². The van der Waals surface area contributed by atoms with E-state index in [0.29, 0.717) is 36.7 Å². The number of benzene rings is 4. The number of anilines is 3. The molecule has 2 amide bonds. The standard InChI is InChI=1S/C34H31F3N4O2/c35-34(36,37)26-15-17-27(18-16-26)39-33(43)29-22-41(20-24-6-2-1-3-7-24)21-28(29)25-13-10-23(11-14-25)12-19-32(42)40-31-9-5-4-8-30(31)38/h1-19,28-29H,20-22,38H2,(H,39,43)(H,40,42)/b19-12+. The van der Waals surface area contributed by atoms with Crippen LogP contribution < -0.4 is 16.4 Å². The fourth-order valence-electron chi connectivity index (χ4n) is 5.25. The Morgan fingerprint density at radius 3 is 2.19 bits per heavy atom. The van der Waals surface area contributed by atoms with Crippen molar-refractivity contribution in [2.24, 2.45) is 5.92 Å². The Balaban J connectivity index is 1.30. The van der Waals surface area contributed by atoms with Crippen LogP contribution in [0, 0.1) is 5.92 Å². The van der Waals surface area contributed by atoms with E-state index >= 15 is 0 Å². The van der Waals surface area contributed by atoms with Gasteiger partial charge in [0.1, 0.15) is 0 Å². The molecule has 1 saturated heterocycles. The molecule has 9 heteroatoms. The van der Waals surface area contributed by atoms with E-state index < -0.39 is 17.7 Å². The average Bonchev–Trinajstić information content (AvgIpc) is 3.42. The van der Waals surface area contributed by atoms with Gasteiger partial charge in [-0.25, -0.2) is 0 Å². The monoisotopic (exact) mass is 584 g/mol.